The zero-order valence-corrected chi connectivity index (χ0v) is 25.1. The maximum absolute atomic E-state index is 12.3. The molecule has 42 heavy (non-hydrogen) atoms. The molecule has 4 rings (SSSR count). The topological polar surface area (TPSA) is 96.3 Å². The first-order valence-electron chi connectivity index (χ1n) is 13.3. The first-order valence-corrected chi connectivity index (χ1v) is 14.4. The molecule has 0 amide bonds. The number of rotatable bonds is 12. The molecule has 0 saturated carbocycles. The molecule has 1 heterocycles. The van der Waals surface area contributed by atoms with Crippen LogP contribution < -0.4 is 0 Å². The average molecular weight is 637 g/mol. The van der Waals surface area contributed by atoms with E-state index in [-0.39, 0.29) is 19.8 Å². The monoisotopic (exact) mass is 635 g/mol. The molecule has 3 aromatic rings. The number of halogens is 3. The molecule has 3 aromatic carbocycles. The number of ether oxygens (including phenoxy) is 6. The minimum atomic E-state index is -2.18. The molecule has 1 fully saturated rings. The van der Waals surface area contributed by atoms with Crippen molar-refractivity contribution in [2.45, 2.75) is 61.2 Å². The lowest BCUT2D eigenvalue weighted by Crippen LogP contribution is -2.62. The molecular weight excluding hydrogens is 605 g/mol. The van der Waals surface area contributed by atoms with Crippen LogP contribution >= 0.6 is 34.8 Å². The van der Waals surface area contributed by atoms with E-state index in [4.69, 9.17) is 68.6 Å². The van der Waals surface area contributed by atoms with Crippen LogP contribution in [0.3, 0.4) is 0 Å². The van der Waals surface area contributed by atoms with Crippen molar-refractivity contribution in [1.29, 1.82) is 5.41 Å². The SMILES string of the molecule is CC(=O)OC1C(OCc2ccccc2)[C@@H](OCc2ccccc2)C(COCc2ccccc2)O[C@H]1OC(=N)C(Cl)(Cl)Cl. The maximum atomic E-state index is 12.3. The van der Waals surface area contributed by atoms with Crippen LogP contribution in [0.5, 0.6) is 0 Å². The van der Waals surface area contributed by atoms with Crippen molar-refractivity contribution < 1.29 is 33.2 Å². The second kappa shape index (κ2) is 15.7. The summed E-state index contributed by atoms with van der Waals surface area (Å²) in [5, 5.41) is 8.17. The zero-order valence-electron chi connectivity index (χ0n) is 22.9. The van der Waals surface area contributed by atoms with Crippen LogP contribution in [-0.2, 0) is 53.0 Å². The van der Waals surface area contributed by atoms with E-state index in [1.807, 2.05) is 91.0 Å². The molecule has 0 radical (unpaired) electrons. The van der Waals surface area contributed by atoms with Crippen molar-refractivity contribution in [2.75, 3.05) is 6.61 Å². The predicted molar refractivity (Wildman–Crippen MR) is 159 cm³/mol. The lowest BCUT2D eigenvalue weighted by molar-refractivity contribution is -0.305. The van der Waals surface area contributed by atoms with Gasteiger partial charge in [0.15, 0.2) is 6.10 Å². The summed E-state index contributed by atoms with van der Waals surface area (Å²) in [7, 11) is 0. The molecular formula is C31H32Cl3NO7. The highest BCUT2D eigenvalue weighted by molar-refractivity contribution is 6.76. The van der Waals surface area contributed by atoms with Gasteiger partial charge in [-0.1, -0.05) is 126 Å². The number of carbonyl (C=O) groups is 1. The van der Waals surface area contributed by atoms with Gasteiger partial charge in [-0.25, -0.2) is 0 Å². The standard InChI is InChI=1S/C31H32Cl3NO7/c1-21(36)40-28-27(39-19-24-15-9-4-10-16-24)26(38-18-23-13-7-3-8-14-23)25(20-37-17-22-11-5-2-6-12-22)41-29(28)42-30(35)31(32,33)34/h2-16,25-29,35H,17-20H2,1H3/t25?,26-,27?,28?,29-/m0/s1. The Balaban J connectivity index is 1.64. The van der Waals surface area contributed by atoms with Gasteiger partial charge in [0.1, 0.15) is 18.3 Å². The number of hydrogen-bond donors (Lipinski definition) is 1. The van der Waals surface area contributed by atoms with Crippen LogP contribution in [0.4, 0.5) is 0 Å². The molecule has 1 N–H and O–H groups in total. The van der Waals surface area contributed by atoms with Gasteiger partial charge in [-0.2, -0.15) is 0 Å². The first-order chi connectivity index (χ1) is 20.2. The van der Waals surface area contributed by atoms with Crippen molar-refractivity contribution in [1.82, 2.24) is 0 Å². The Bertz CT molecular complexity index is 1260. The fourth-order valence-corrected chi connectivity index (χ4v) is 4.53. The Labute approximate surface area is 260 Å². The summed E-state index contributed by atoms with van der Waals surface area (Å²) in [6.45, 7) is 2.01. The molecule has 5 atom stereocenters. The third-order valence-electron chi connectivity index (χ3n) is 6.35. The van der Waals surface area contributed by atoms with Crippen LogP contribution in [0.2, 0.25) is 0 Å². The number of hydrogen-bond acceptors (Lipinski definition) is 8. The van der Waals surface area contributed by atoms with Gasteiger partial charge in [0.25, 0.3) is 3.79 Å². The lowest BCUT2D eigenvalue weighted by atomic mass is 9.98. The lowest BCUT2D eigenvalue weighted by Gasteiger charge is -2.45. The van der Waals surface area contributed by atoms with Gasteiger partial charge in [-0.15, -0.1) is 0 Å². The van der Waals surface area contributed by atoms with Crippen LogP contribution in [0, 0.1) is 5.41 Å². The Morgan fingerprint density at radius 2 is 1.21 bits per heavy atom. The summed E-state index contributed by atoms with van der Waals surface area (Å²) >= 11 is 17.7. The zero-order chi connectivity index (χ0) is 30.0. The Morgan fingerprint density at radius 3 is 1.69 bits per heavy atom. The quantitative estimate of drug-likeness (QED) is 0.106. The molecule has 0 bridgehead atoms. The summed E-state index contributed by atoms with van der Waals surface area (Å²) in [5.74, 6) is -1.32. The molecule has 1 saturated heterocycles. The minimum absolute atomic E-state index is 0.0628. The highest BCUT2D eigenvalue weighted by atomic mass is 35.6. The van der Waals surface area contributed by atoms with Crippen molar-refractivity contribution in [3.63, 3.8) is 0 Å². The summed E-state index contributed by atoms with van der Waals surface area (Å²) < 4.78 is 34.2. The van der Waals surface area contributed by atoms with Gasteiger partial charge < -0.3 is 28.4 Å². The third-order valence-corrected chi connectivity index (χ3v) is 6.86. The molecule has 1 aliphatic rings. The molecule has 224 valence electrons. The number of nitrogens with one attached hydrogen (secondary N) is 1. The van der Waals surface area contributed by atoms with Gasteiger partial charge in [0.2, 0.25) is 12.2 Å². The second-order valence-corrected chi connectivity index (χ2v) is 11.9. The second-order valence-electron chi connectivity index (χ2n) is 9.58. The fourth-order valence-electron chi connectivity index (χ4n) is 4.40. The van der Waals surface area contributed by atoms with Gasteiger partial charge in [-0.05, 0) is 16.7 Å². The summed E-state index contributed by atoms with van der Waals surface area (Å²) in [6, 6.07) is 28.8. The van der Waals surface area contributed by atoms with Crippen LogP contribution in [0.1, 0.15) is 23.6 Å². The molecule has 0 aromatic heterocycles. The number of alkyl halides is 3. The summed E-state index contributed by atoms with van der Waals surface area (Å²) in [4.78, 5) is 12.3. The van der Waals surface area contributed by atoms with E-state index in [0.29, 0.717) is 6.61 Å². The van der Waals surface area contributed by atoms with Crippen LogP contribution in [0.15, 0.2) is 91.0 Å². The van der Waals surface area contributed by atoms with Gasteiger partial charge in [-0.3, -0.25) is 10.2 Å². The van der Waals surface area contributed by atoms with E-state index in [1.54, 1.807) is 0 Å². The Hall–Kier alpha value is -2.69. The molecule has 3 unspecified atom stereocenters. The summed E-state index contributed by atoms with van der Waals surface area (Å²) in [6.07, 6.45) is -5.01. The molecule has 8 nitrogen and oxygen atoms in total. The van der Waals surface area contributed by atoms with E-state index in [2.05, 4.69) is 0 Å². The smallest absolute Gasteiger partial charge is 0.303 e. The predicted octanol–water partition coefficient (Wildman–Crippen LogP) is 6.39. The number of esters is 1. The third kappa shape index (κ3) is 9.67. The van der Waals surface area contributed by atoms with E-state index < -0.39 is 46.4 Å². The number of carbonyl (C=O) groups excluding carboxylic acids is 1. The molecule has 1 aliphatic heterocycles. The number of benzene rings is 3. The van der Waals surface area contributed by atoms with E-state index >= 15 is 0 Å². The Morgan fingerprint density at radius 1 is 0.738 bits per heavy atom. The highest BCUT2D eigenvalue weighted by Crippen LogP contribution is 2.34. The van der Waals surface area contributed by atoms with Gasteiger partial charge in [0, 0.05) is 6.92 Å². The van der Waals surface area contributed by atoms with E-state index in [1.165, 1.54) is 6.92 Å². The van der Waals surface area contributed by atoms with Crippen molar-refractivity contribution in [3.8, 4) is 0 Å². The molecule has 11 heteroatoms. The van der Waals surface area contributed by atoms with Crippen molar-refractivity contribution in [3.05, 3.63) is 108 Å². The van der Waals surface area contributed by atoms with E-state index in [0.717, 1.165) is 16.7 Å². The summed E-state index contributed by atoms with van der Waals surface area (Å²) in [5.41, 5.74) is 2.77. The van der Waals surface area contributed by atoms with E-state index in [9.17, 15) is 4.79 Å². The minimum Gasteiger partial charge on any atom is -0.453 e. The van der Waals surface area contributed by atoms with Crippen LogP contribution in [0.25, 0.3) is 0 Å². The fraction of sp³-hybridized carbons (Fsp3) is 0.355. The normalized spacial score (nSPS) is 22.3. The van der Waals surface area contributed by atoms with Gasteiger partial charge in [0.05, 0.1) is 26.4 Å². The van der Waals surface area contributed by atoms with Crippen LogP contribution in [-0.4, -0.2) is 53.0 Å². The van der Waals surface area contributed by atoms with Crippen molar-refractivity contribution >= 4 is 46.7 Å². The highest BCUT2D eigenvalue weighted by Gasteiger charge is 2.52. The molecule has 0 spiro atoms. The Kier molecular flexibility index (Phi) is 12.0. The van der Waals surface area contributed by atoms with Crippen molar-refractivity contribution in [2.24, 2.45) is 0 Å². The maximum Gasteiger partial charge on any atom is 0.303 e. The largest absolute Gasteiger partial charge is 0.453 e. The van der Waals surface area contributed by atoms with Gasteiger partial charge >= 0.3 is 5.97 Å². The first kappa shape index (κ1) is 32.2. The molecule has 0 aliphatic carbocycles. The average Bonchev–Trinajstić information content (AvgIpc) is 2.97.